The summed E-state index contributed by atoms with van der Waals surface area (Å²) in [5.74, 6) is -1.44. The monoisotopic (exact) mass is 282 g/mol. The molecule has 0 aromatic carbocycles. The van der Waals surface area contributed by atoms with Gasteiger partial charge in [-0.25, -0.2) is 0 Å². The molecular formula is C14H22N2O4. The van der Waals surface area contributed by atoms with Crippen LogP contribution in [-0.2, 0) is 14.4 Å². The first-order chi connectivity index (χ1) is 9.39. The lowest BCUT2D eigenvalue weighted by atomic mass is 9.97. The summed E-state index contributed by atoms with van der Waals surface area (Å²) in [6, 6.07) is -0.691. The first-order valence-corrected chi connectivity index (χ1v) is 7.26. The number of rotatable bonds is 5. The summed E-state index contributed by atoms with van der Waals surface area (Å²) in [5, 5.41) is 12.1. The predicted molar refractivity (Wildman–Crippen MR) is 72.0 cm³/mol. The highest BCUT2D eigenvalue weighted by Crippen LogP contribution is 2.29. The smallest absolute Gasteiger partial charge is 0.323 e. The molecule has 1 heterocycles. The van der Waals surface area contributed by atoms with Crippen molar-refractivity contribution in [3.63, 3.8) is 0 Å². The molecule has 2 unspecified atom stereocenters. The molecule has 6 heteroatoms. The molecule has 2 N–H and O–H groups in total. The summed E-state index contributed by atoms with van der Waals surface area (Å²) >= 11 is 0. The number of carbonyl (C=O) groups is 3. The van der Waals surface area contributed by atoms with Gasteiger partial charge in [-0.1, -0.05) is 19.8 Å². The van der Waals surface area contributed by atoms with Crippen LogP contribution in [0.25, 0.3) is 0 Å². The Morgan fingerprint density at radius 2 is 2.00 bits per heavy atom. The average Bonchev–Trinajstić information content (AvgIpc) is 2.98. The molecule has 0 spiro atoms. The molecular weight excluding hydrogens is 260 g/mol. The molecule has 2 rings (SSSR count). The van der Waals surface area contributed by atoms with Gasteiger partial charge in [0.1, 0.15) is 5.54 Å². The number of nitrogens with one attached hydrogen (secondary N) is 1. The molecule has 6 nitrogen and oxygen atoms in total. The maximum absolute atomic E-state index is 12.4. The standard InChI is InChI=1S/C14H22N2O4/c1-3-14(2,13(19)20)15-10-8-11(17)16(12(10)18)9-6-4-5-7-9/h9-10,15H,3-8H2,1-2H3,(H,19,20). The van der Waals surface area contributed by atoms with E-state index in [-0.39, 0.29) is 24.3 Å². The van der Waals surface area contributed by atoms with Gasteiger partial charge in [-0.3, -0.25) is 24.6 Å². The van der Waals surface area contributed by atoms with Gasteiger partial charge >= 0.3 is 5.97 Å². The van der Waals surface area contributed by atoms with Crippen molar-refractivity contribution in [3.05, 3.63) is 0 Å². The normalized spacial score (nSPS) is 27.1. The molecule has 1 saturated carbocycles. The second kappa shape index (κ2) is 5.52. The first-order valence-electron chi connectivity index (χ1n) is 7.26. The van der Waals surface area contributed by atoms with Crippen LogP contribution in [-0.4, -0.2) is 45.4 Å². The highest BCUT2D eigenvalue weighted by atomic mass is 16.4. The molecule has 2 atom stereocenters. The topological polar surface area (TPSA) is 86.7 Å². The van der Waals surface area contributed by atoms with E-state index in [1.54, 1.807) is 13.8 Å². The third kappa shape index (κ3) is 2.57. The number of likely N-dealkylation sites (tertiary alicyclic amines) is 1. The van der Waals surface area contributed by atoms with Gasteiger partial charge in [0.25, 0.3) is 0 Å². The number of imide groups is 1. The largest absolute Gasteiger partial charge is 0.480 e. The summed E-state index contributed by atoms with van der Waals surface area (Å²) in [6.45, 7) is 3.29. The predicted octanol–water partition coefficient (Wildman–Crippen LogP) is 0.899. The molecule has 1 aliphatic heterocycles. The molecule has 2 aliphatic rings. The van der Waals surface area contributed by atoms with E-state index in [0.717, 1.165) is 25.7 Å². The van der Waals surface area contributed by atoms with Gasteiger partial charge in [-0.05, 0) is 26.2 Å². The van der Waals surface area contributed by atoms with E-state index in [4.69, 9.17) is 0 Å². The first kappa shape index (κ1) is 15.0. The lowest BCUT2D eigenvalue weighted by Crippen LogP contribution is -2.56. The zero-order valence-corrected chi connectivity index (χ0v) is 12.0. The van der Waals surface area contributed by atoms with Gasteiger partial charge in [0, 0.05) is 6.04 Å². The van der Waals surface area contributed by atoms with E-state index in [2.05, 4.69) is 5.32 Å². The second-order valence-corrected chi connectivity index (χ2v) is 5.93. The minimum Gasteiger partial charge on any atom is -0.480 e. The van der Waals surface area contributed by atoms with Crippen LogP contribution in [0.1, 0.15) is 52.4 Å². The Kier molecular flexibility index (Phi) is 4.13. The van der Waals surface area contributed by atoms with Crippen molar-refractivity contribution in [1.29, 1.82) is 0 Å². The Morgan fingerprint density at radius 3 is 2.50 bits per heavy atom. The fraction of sp³-hybridized carbons (Fsp3) is 0.786. The molecule has 0 bridgehead atoms. The van der Waals surface area contributed by atoms with E-state index in [9.17, 15) is 19.5 Å². The number of amides is 2. The van der Waals surface area contributed by atoms with Crippen LogP contribution in [0.3, 0.4) is 0 Å². The Bertz CT molecular complexity index is 431. The van der Waals surface area contributed by atoms with Crippen LogP contribution in [0.5, 0.6) is 0 Å². The van der Waals surface area contributed by atoms with Crippen LogP contribution < -0.4 is 5.32 Å². The Hall–Kier alpha value is -1.43. The number of nitrogens with zero attached hydrogens (tertiary/aromatic N) is 1. The van der Waals surface area contributed by atoms with Gasteiger partial charge < -0.3 is 5.11 Å². The maximum atomic E-state index is 12.4. The van der Waals surface area contributed by atoms with Gasteiger partial charge in [0.2, 0.25) is 11.8 Å². The van der Waals surface area contributed by atoms with E-state index in [1.165, 1.54) is 4.90 Å². The van der Waals surface area contributed by atoms with Crippen molar-refractivity contribution in [3.8, 4) is 0 Å². The number of hydrogen-bond acceptors (Lipinski definition) is 4. The molecule has 0 radical (unpaired) electrons. The average molecular weight is 282 g/mol. The molecule has 1 saturated heterocycles. The summed E-state index contributed by atoms with van der Waals surface area (Å²) in [7, 11) is 0. The molecule has 0 aromatic heterocycles. The van der Waals surface area contributed by atoms with Crippen molar-refractivity contribution >= 4 is 17.8 Å². The maximum Gasteiger partial charge on any atom is 0.323 e. The Labute approximate surface area is 118 Å². The molecule has 1 aliphatic carbocycles. The Morgan fingerprint density at radius 1 is 1.40 bits per heavy atom. The third-order valence-corrected chi connectivity index (χ3v) is 4.54. The van der Waals surface area contributed by atoms with Crippen molar-refractivity contribution in [2.75, 3.05) is 0 Å². The number of carboxylic acids is 1. The van der Waals surface area contributed by atoms with Crippen LogP contribution in [0, 0.1) is 0 Å². The number of carboxylic acid groups (broad SMARTS) is 1. The lowest BCUT2D eigenvalue weighted by molar-refractivity contribution is -0.145. The zero-order chi connectivity index (χ0) is 14.9. The number of aliphatic carboxylic acids is 1. The molecule has 112 valence electrons. The molecule has 2 amide bonds. The van der Waals surface area contributed by atoms with E-state index in [1.807, 2.05) is 0 Å². The van der Waals surface area contributed by atoms with Crippen molar-refractivity contribution in [1.82, 2.24) is 10.2 Å². The van der Waals surface area contributed by atoms with E-state index < -0.39 is 17.6 Å². The summed E-state index contributed by atoms with van der Waals surface area (Å²) in [4.78, 5) is 37.1. The molecule has 0 aromatic rings. The summed E-state index contributed by atoms with van der Waals surface area (Å²) < 4.78 is 0. The van der Waals surface area contributed by atoms with Crippen molar-refractivity contribution < 1.29 is 19.5 Å². The number of carbonyl (C=O) groups excluding carboxylic acids is 2. The second-order valence-electron chi connectivity index (χ2n) is 5.93. The van der Waals surface area contributed by atoms with Crippen LogP contribution in [0.15, 0.2) is 0 Å². The van der Waals surface area contributed by atoms with Crippen molar-refractivity contribution in [2.24, 2.45) is 0 Å². The number of hydrogen-bond donors (Lipinski definition) is 2. The van der Waals surface area contributed by atoms with Crippen LogP contribution in [0.2, 0.25) is 0 Å². The van der Waals surface area contributed by atoms with Gasteiger partial charge in [0.15, 0.2) is 0 Å². The molecule has 20 heavy (non-hydrogen) atoms. The van der Waals surface area contributed by atoms with Gasteiger partial charge in [-0.15, -0.1) is 0 Å². The summed E-state index contributed by atoms with van der Waals surface area (Å²) in [5.41, 5.74) is -1.17. The highest BCUT2D eigenvalue weighted by molar-refractivity contribution is 6.06. The van der Waals surface area contributed by atoms with E-state index >= 15 is 0 Å². The van der Waals surface area contributed by atoms with Crippen molar-refractivity contribution in [2.45, 2.75) is 70.0 Å². The SMILES string of the molecule is CCC(C)(NC1CC(=O)N(C2CCCC2)C1=O)C(=O)O. The third-order valence-electron chi connectivity index (χ3n) is 4.54. The van der Waals surface area contributed by atoms with Crippen LogP contribution >= 0.6 is 0 Å². The fourth-order valence-corrected chi connectivity index (χ4v) is 3.01. The minimum absolute atomic E-state index is 0.0134. The van der Waals surface area contributed by atoms with Gasteiger partial charge in [-0.2, -0.15) is 0 Å². The lowest BCUT2D eigenvalue weighted by Gasteiger charge is -2.28. The fourth-order valence-electron chi connectivity index (χ4n) is 3.01. The zero-order valence-electron chi connectivity index (χ0n) is 12.0. The minimum atomic E-state index is -1.17. The van der Waals surface area contributed by atoms with Crippen LogP contribution in [0.4, 0.5) is 0 Å². The quantitative estimate of drug-likeness (QED) is 0.732. The van der Waals surface area contributed by atoms with Gasteiger partial charge in [0.05, 0.1) is 12.5 Å². The highest BCUT2D eigenvalue weighted by Gasteiger charge is 2.46. The van der Waals surface area contributed by atoms with E-state index in [0.29, 0.717) is 6.42 Å². The Balaban J connectivity index is 2.09. The summed E-state index contributed by atoms with van der Waals surface area (Å²) in [6.07, 6.45) is 4.24. The molecule has 2 fully saturated rings.